The highest BCUT2D eigenvalue weighted by atomic mass is 35.5. The lowest BCUT2D eigenvalue weighted by Crippen LogP contribution is -2.13. The third-order valence-corrected chi connectivity index (χ3v) is 5.02. The number of aromatic nitrogens is 2. The number of methoxy groups -OCH3 is 1. The second-order valence-corrected chi connectivity index (χ2v) is 6.90. The molecule has 26 heavy (non-hydrogen) atoms. The molecule has 5 nitrogen and oxygen atoms in total. The van der Waals surface area contributed by atoms with Crippen molar-refractivity contribution in [2.45, 2.75) is 0 Å². The largest absolute Gasteiger partial charge is 0.495 e. The van der Waals surface area contributed by atoms with Gasteiger partial charge in [-0.25, -0.2) is 4.98 Å². The summed E-state index contributed by atoms with van der Waals surface area (Å²) in [5.41, 5.74) is 2.76. The highest BCUT2D eigenvalue weighted by molar-refractivity contribution is 7.13. The fourth-order valence-electron chi connectivity index (χ4n) is 2.65. The number of para-hydroxylation sites is 1. The first-order valence-corrected chi connectivity index (χ1v) is 9.08. The number of hydrogen-bond donors (Lipinski definition) is 2. The van der Waals surface area contributed by atoms with Gasteiger partial charge in [-0.05, 0) is 30.3 Å². The molecule has 0 fully saturated rings. The number of benzene rings is 2. The second-order valence-electron chi connectivity index (χ2n) is 5.61. The number of halogens is 1. The number of thiazole rings is 1. The molecule has 0 aliphatic heterocycles. The Balaban J connectivity index is 1.59. The van der Waals surface area contributed by atoms with Crippen LogP contribution in [0, 0.1) is 0 Å². The molecule has 0 aliphatic carbocycles. The molecule has 2 aromatic heterocycles. The van der Waals surface area contributed by atoms with E-state index < -0.39 is 0 Å². The molecule has 7 heteroatoms. The SMILES string of the molecule is COc1ccc(Cl)cc1NC(=O)c1csc(-c2cc3ccccc3[nH]2)n1. The third-order valence-electron chi connectivity index (χ3n) is 3.91. The number of aromatic amines is 1. The van der Waals surface area contributed by atoms with E-state index in [2.05, 4.69) is 15.3 Å². The van der Waals surface area contributed by atoms with E-state index in [-0.39, 0.29) is 5.91 Å². The van der Waals surface area contributed by atoms with Gasteiger partial charge in [-0.2, -0.15) is 0 Å². The van der Waals surface area contributed by atoms with Crippen LogP contribution in [0.2, 0.25) is 5.02 Å². The third kappa shape index (κ3) is 3.16. The Morgan fingerprint density at radius 2 is 2.08 bits per heavy atom. The van der Waals surface area contributed by atoms with E-state index in [1.165, 1.54) is 18.4 Å². The highest BCUT2D eigenvalue weighted by Crippen LogP contribution is 2.30. The Morgan fingerprint density at radius 1 is 1.23 bits per heavy atom. The lowest BCUT2D eigenvalue weighted by molar-refractivity contribution is 0.102. The predicted molar refractivity (Wildman–Crippen MR) is 105 cm³/mol. The van der Waals surface area contributed by atoms with E-state index in [9.17, 15) is 4.79 Å². The summed E-state index contributed by atoms with van der Waals surface area (Å²) in [5, 5.41) is 6.90. The molecule has 2 aromatic carbocycles. The summed E-state index contributed by atoms with van der Waals surface area (Å²) in [6.07, 6.45) is 0. The number of carbonyl (C=O) groups excluding carboxylic acids is 1. The molecule has 0 radical (unpaired) electrons. The Kier molecular flexibility index (Phi) is 4.36. The summed E-state index contributed by atoms with van der Waals surface area (Å²) < 4.78 is 5.25. The zero-order valence-electron chi connectivity index (χ0n) is 13.7. The Bertz CT molecular complexity index is 1070. The minimum absolute atomic E-state index is 0.316. The van der Waals surface area contributed by atoms with Crippen LogP contribution in [0.1, 0.15) is 10.5 Å². The van der Waals surface area contributed by atoms with Crippen molar-refractivity contribution in [3.05, 3.63) is 64.6 Å². The first kappa shape index (κ1) is 16.6. The normalized spacial score (nSPS) is 10.8. The minimum Gasteiger partial charge on any atom is -0.495 e. The van der Waals surface area contributed by atoms with Gasteiger partial charge in [0.15, 0.2) is 0 Å². The van der Waals surface area contributed by atoms with Gasteiger partial charge in [0, 0.05) is 21.3 Å². The van der Waals surface area contributed by atoms with E-state index in [1.54, 1.807) is 23.6 Å². The molecule has 4 aromatic rings. The van der Waals surface area contributed by atoms with Crippen LogP contribution >= 0.6 is 22.9 Å². The summed E-state index contributed by atoms with van der Waals surface area (Å²) in [6, 6.07) is 15.1. The first-order chi connectivity index (χ1) is 12.6. The van der Waals surface area contributed by atoms with Gasteiger partial charge in [0.1, 0.15) is 16.5 Å². The van der Waals surface area contributed by atoms with E-state index >= 15 is 0 Å². The van der Waals surface area contributed by atoms with Gasteiger partial charge in [-0.1, -0.05) is 29.8 Å². The van der Waals surface area contributed by atoms with Crippen LogP contribution in [-0.4, -0.2) is 23.0 Å². The minimum atomic E-state index is -0.316. The Labute approximate surface area is 158 Å². The van der Waals surface area contributed by atoms with Crippen molar-refractivity contribution in [3.63, 3.8) is 0 Å². The topological polar surface area (TPSA) is 67.0 Å². The summed E-state index contributed by atoms with van der Waals surface area (Å²) >= 11 is 7.41. The number of nitrogens with zero attached hydrogens (tertiary/aromatic N) is 1. The molecule has 0 saturated carbocycles. The van der Waals surface area contributed by atoms with Crippen molar-refractivity contribution in [3.8, 4) is 16.5 Å². The van der Waals surface area contributed by atoms with Gasteiger partial charge in [0.25, 0.3) is 5.91 Å². The van der Waals surface area contributed by atoms with E-state index in [0.717, 1.165) is 21.6 Å². The van der Waals surface area contributed by atoms with Crippen LogP contribution < -0.4 is 10.1 Å². The molecular formula is C19H14ClN3O2S. The number of amides is 1. The highest BCUT2D eigenvalue weighted by Gasteiger charge is 2.15. The fourth-order valence-corrected chi connectivity index (χ4v) is 3.60. The molecule has 0 saturated heterocycles. The molecule has 0 unspecified atom stereocenters. The zero-order chi connectivity index (χ0) is 18.1. The molecule has 0 bridgehead atoms. The fraction of sp³-hybridized carbons (Fsp3) is 0.0526. The lowest BCUT2D eigenvalue weighted by Gasteiger charge is -2.09. The van der Waals surface area contributed by atoms with Crippen molar-refractivity contribution in [2.75, 3.05) is 12.4 Å². The average molecular weight is 384 g/mol. The molecule has 4 rings (SSSR count). The Hall–Kier alpha value is -2.83. The molecular weight excluding hydrogens is 370 g/mol. The van der Waals surface area contributed by atoms with Crippen LogP contribution in [0.15, 0.2) is 53.9 Å². The van der Waals surface area contributed by atoms with Crippen LogP contribution in [0.5, 0.6) is 5.75 Å². The van der Waals surface area contributed by atoms with Crippen molar-refractivity contribution < 1.29 is 9.53 Å². The van der Waals surface area contributed by atoms with Gasteiger partial charge < -0.3 is 15.0 Å². The molecule has 0 spiro atoms. The number of H-pyrrole nitrogens is 1. The molecule has 130 valence electrons. The van der Waals surface area contributed by atoms with E-state index in [0.29, 0.717) is 22.2 Å². The van der Waals surface area contributed by atoms with E-state index in [1.807, 2.05) is 30.3 Å². The van der Waals surface area contributed by atoms with Gasteiger partial charge in [0.2, 0.25) is 0 Å². The van der Waals surface area contributed by atoms with Gasteiger partial charge >= 0.3 is 0 Å². The summed E-state index contributed by atoms with van der Waals surface area (Å²) in [6.45, 7) is 0. The van der Waals surface area contributed by atoms with Gasteiger partial charge in [-0.15, -0.1) is 11.3 Å². The number of rotatable bonds is 4. The lowest BCUT2D eigenvalue weighted by atomic mass is 10.2. The van der Waals surface area contributed by atoms with Crippen LogP contribution in [0.4, 0.5) is 5.69 Å². The maximum absolute atomic E-state index is 12.5. The number of hydrogen-bond acceptors (Lipinski definition) is 4. The molecule has 2 heterocycles. The smallest absolute Gasteiger partial charge is 0.275 e. The molecule has 0 aliphatic rings. The van der Waals surface area contributed by atoms with Crippen LogP contribution in [0.25, 0.3) is 21.6 Å². The molecule has 0 atom stereocenters. The number of ether oxygens (including phenoxy) is 1. The summed E-state index contributed by atoms with van der Waals surface area (Å²) in [7, 11) is 1.54. The van der Waals surface area contributed by atoms with E-state index in [4.69, 9.17) is 16.3 Å². The average Bonchev–Trinajstić information content (AvgIpc) is 3.28. The number of carbonyl (C=O) groups is 1. The quantitative estimate of drug-likeness (QED) is 0.508. The summed E-state index contributed by atoms with van der Waals surface area (Å²) in [5.74, 6) is 0.220. The maximum atomic E-state index is 12.5. The van der Waals surface area contributed by atoms with Crippen molar-refractivity contribution >= 4 is 45.4 Å². The van der Waals surface area contributed by atoms with Crippen LogP contribution in [-0.2, 0) is 0 Å². The Morgan fingerprint density at radius 3 is 2.88 bits per heavy atom. The van der Waals surface area contributed by atoms with Crippen molar-refractivity contribution in [1.82, 2.24) is 9.97 Å². The second kappa shape index (κ2) is 6.82. The number of anilines is 1. The standard InChI is InChI=1S/C19H14ClN3O2S/c1-25-17-7-6-12(20)9-14(17)22-18(24)16-10-26-19(23-16)15-8-11-4-2-3-5-13(11)21-15/h2-10,21H,1H3,(H,22,24). The predicted octanol–water partition coefficient (Wildman–Crippen LogP) is 5.21. The first-order valence-electron chi connectivity index (χ1n) is 7.82. The number of fused-ring (bicyclic) bond motifs is 1. The summed E-state index contributed by atoms with van der Waals surface area (Å²) in [4.78, 5) is 20.3. The maximum Gasteiger partial charge on any atom is 0.275 e. The van der Waals surface area contributed by atoms with Crippen molar-refractivity contribution in [1.29, 1.82) is 0 Å². The molecule has 2 N–H and O–H groups in total. The molecule has 1 amide bonds. The van der Waals surface area contributed by atoms with Crippen LogP contribution in [0.3, 0.4) is 0 Å². The van der Waals surface area contributed by atoms with Gasteiger partial charge in [0.05, 0.1) is 18.5 Å². The monoisotopic (exact) mass is 383 g/mol. The van der Waals surface area contributed by atoms with Gasteiger partial charge in [-0.3, -0.25) is 4.79 Å². The van der Waals surface area contributed by atoms with Crippen molar-refractivity contribution in [2.24, 2.45) is 0 Å². The zero-order valence-corrected chi connectivity index (χ0v) is 15.3. The number of nitrogens with one attached hydrogen (secondary N) is 2.